The molecule has 0 saturated heterocycles. The smallest absolute Gasteiger partial charge is 0.252 e. The van der Waals surface area contributed by atoms with Gasteiger partial charge < -0.3 is 0 Å². The molecule has 0 aliphatic carbocycles. The molecule has 0 radical (unpaired) electrons. The van der Waals surface area contributed by atoms with Crippen LogP contribution in [0.2, 0.25) is 0 Å². The quantitative estimate of drug-likeness (QED) is 0.568. The van der Waals surface area contributed by atoms with Crippen molar-refractivity contribution in [3.05, 3.63) is 0 Å². The molecule has 0 N–H and O–H groups in total. The standard InChI is InChI=1S/C3H7F2O2P/c1-2-3-8(5,6)7-4/h2-3H2,1H3. The third-order valence-electron chi connectivity index (χ3n) is 0.594. The van der Waals surface area contributed by atoms with Crippen LogP contribution in [-0.4, -0.2) is 6.16 Å². The van der Waals surface area contributed by atoms with E-state index in [0.717, 1.165) is 0 Å². The maximum atomic E-state index is 11.8. The van der Waals surface area contributed by atoms with Crippen LogP contribution in [-0.2, 0) is 9.29 Å². The maximum absolute atomic E-state index is 11.8. The van der Waals surface area contributed by atoms with Crippen molar-refractivity contribution in [2.45, 2.75) is 13.3 Å². The molecule has 0 aliphatic heterocycles. The molecular weight excluding hydrogens is 137 g/mol. The van der Waals surface area contributed by atoms with E-state index in [9.17, 15) is 13.3 Å². The lowest BCUT2D eigenvalue weighted by molar-refractivity contribution is -0.0119. The molecule has 0 spiro atoms. The first-order valence-electron chi connectivity index (χ1n) is 2.21. The topological polar surface area (TPSA) is 26.3 Å². The highest BCUT2D eigenvalue weighted by Crippen LogP contribution is 2.49. The number of rotatable bonds is 3. The molecule has 0 aliphatic rings. The minimum absolute atomic E-state index is 0.317. The predicted octanol–water partition coefficient (Wildman–Crippen LogP) is 2.46. The molecule has 2 nitrogen and oxygen atoms in total. The monoisotopic (exact) mass is 144 g/mol. The molecule has 1 atom stereocenters. The summed E-state index contributed by atoms with van der Waals surface area (Å²) in [7, 11) is -4.34. The van der Waals surface area contributed by atoms with Crippen LogP contribution >= 0.6 is 7.68 Å². The molecule has 0 saturated carbocycles. The first kappa shape index (κ1) is 8.05. The Morgan fingerprint density at radius 3 is 2.38 bits per heavy atom. The zero-order valence-electron chi connectivity index (χ0n) is 4.43. The zero-order valence-corrected chi connectivity index (χ0v) is 5.33. The second-order valence-electron chi connectivity index (χ2n) is 1.38. The van der Waals surface area contributed by atoms with E-state index in [-0.39, 0.29) is 6.16 Å². The first-order chi connectivity index (χ1) is 3.62. The fourth-order valence-corrected chi connectivity index (χ4v) is 0.905. The Hall–Kier alpha value is 0.0500. The highest BCUT2D eigenvalue weighted by atomic mass is 31.2. The molecule has 0 aromatic rings. The van der Waals surface area contributed by atoms with Crippen LogP contribution in [0.3, 0.4) is 0 Å². The van der Waals surface area contributed by atoms with Gasteiger partial charge in [-0.3, -0.25) is 4.57 Å². The van der Waals surface area contributed by atoms with Crippen molar-refractivity contribution < 1.29 is 18.0 Å². The van der Waals surface area contributed by atoms with E-state index in [1.165, 1.54) is 0 Å². The molecule has 0 rings (SSSR count). The van der Waals surface area contributed by atoms with Crippen LogP contribution in [0.4, 0.5) is 8.72 Å². The largest absolute Gasteiger partial charge is 0.398 e. The van der Waals surface area contributed by atoms with E-state index < -0.39 is 7.68 Å². The van der Waals surface area contributed by atoms with E-state index in [4.69, 9.17) is 0 Å². The zero-order chi connectivity index (χ0) is 6.62. The van der Waals surface area contributed by atoms with Gasteiger partial charge in [0.1, 0.15) is 0 Å². The van der Waals surface area contributed by atoms with Crippen LogP contribution in [0, 0.1) is 0 Å². The van der Waals surface area contributed by atoms with Gasteiger partial charge in [0, 0.05) is 0 Å². The Bertz CT molecular complexity index is 105. The number of halogens is 2. The Morgan fingerprint density at radius 1 is 1.75 bits per heavy atom. The van der Waals surface area contributed by atoms with Gasteiger partial charge in [0.25, 0.3) is 0 Å². The fourth-order valence-electron chi connectivity index (χ4n) is 0.302. The minimum Gasteiger partial charge on any atom is -0.252 e. The Balaban J connectivity index is 3.55. The van der Waals surface area contributed by atoms with Crippen LogP contribution in [0.15, 0.2) is 0 Å². The van der Waals surface area contributed by atoms with Gasteiger partial charge in [0.15, 0.2) is 0 Å². The lowest BCUT2D eigenvalue weighted by Crippen LogP contribution is -1.79. The van der Waals surface area contributed by atoms with Crippen molar-refractivity contribution in [1.29, 1.82) is 0 Å². The number of hydrogen-bond acceptors (Lipinski definition) is 2. The van der Waals surface area contributed by atoms with E-state index in [1.54, 1.807) is 6.92 Å². The summed E-state index contributed by atoms with van der Waals surface area (Å²) < 4.78 is 35.1. The van der Waals surface area contributed by atoms with E-state index >= 15 is 0 Å². The second-order valence-corrected chi connectivity index (χ2v) is 3.15. The summed E-state index contributed by atoms with van der Waals surface area (Å²) in [6, 6.07) is 0. The summed E-state index contributed by atoms with van der Waals surface area (Å²) in [4.78, 5) is 0. The van der Waals surface area contributed by atoms with Gasteiger partial charge in [0.05, 0.1) is 6.16 Å². The summed E-state index contributed by atoms with van der Waals surface area (Å²) in [6.45, 7) is 1.59. The highest BCUT2D eigenvalue weighted by molar-refractivity contribution is 7.53. The first-order valence-corrected chi connectivity index (χ1v) is 3.91. The predicted molar refractivity (Wildman–Crippen MR) is 26.1 cm³/mol. The van der Waals surface area contributed by atoms with Crippen LogP contribution < -0.4 is 0 Å². The molecular formula is C3H7F2O2P. The third-order valence-corrected chi connectivity index (χ3v) is 1.78. The molecule has 5 heteroatoms. The van der Waals surface area contributed by atoms with E-state index in [2.05, 4.69) is 4.73 Å². The van der Waals surface area contributed by atoms with Crippen molar-refractivity contribution in [3.8, 4) is 0 Å². The van der Waals surface area contributed by atoms with Crippen molar-refractivity contribution in [2.24, 2.45) is 0 Å². The minimum atomic E-state index is -4.34. The van der Waals surface area contributed by atoms with E-state index in [1.807, 2.05) is 0 Å². The van der Waals surface area contributed by atoms with Crippen LogP contribution in [0.25, 0.3) is 0 Å². The Labute approximate surface area is 46.3 Å². The molecule has 0 aromatic carbocycles. The molecule has 50 valence electrons. The number of hydrogen-bond donors (Lipinski definition) is 0. The van der Waals surface area contributed by atoms with Gasteiger partial charge in [-0.1, -0.05) is 6.92 Å². The Morgan fingerprint density at radius 2 is 2.25 bits per heavy atom. The Kier molecular flexibility index (Phi) is 3.17. The summed E-state index contributed by atoms with van der Waals surface area (Å²) in [5.74, 6) is 0. The normalized spacial score (nSPS) is 17.9. The molecule has 0 fully saturated rings. The molecule has 1 unspecified atom stereocenters. The lowest BCUT2D eigenvalue weighted by Gasteiger charge is -1.96. The van der Waals surface area contributed by atoms with Crippen LogP contribution in [0.5, 0.6) is 0 Å². The van der Waals surface area contributed by atoms with Crippen molar-refractivity contribution in [2.75, 3.05) is 6.16 Å². The van der Waals surface area contributed by atoms with Gasteiger partial charge >= 0.3 is 7.68 Å². The summed E-state index contributed by atoms with van der Waals surface area (Å²) in [5, 5.41) is 0. The molecule has 0 bridgehead atoms. The third kappa shape index (κ3) is 3.10. The summed E-state index contributed by atoms with van der Waals surface area (Å²) >= 11 is 0. The molecule has 0 heterocycles. The van der Waals surface area contributed by atoms with Gasteiger partial charge in [0.2, 0.25) is 0 Å². The molecule has 8 heavy (non-hydrogen) atoms. The van der Waals surface area contributed by atoms with Gasteiger partial charge in [-0.25, -0.2) is 0 Å². The van der Waals surface area contributed by atoms with Gasteiger partial charge in [-0.15, -0.1) is 4.73 Å². The lowest BCUT2D eigenvalue weighted by atomic mass is 10.6. The van der Waals surface area contributed by atoms with Crippen molar-refractivity contribution in [3.63, 3.8) is 0 Å². The van der Waals surface area contributed by atoms with Crippen molar-refractivity contribution in [1.82, 2.24) is 0 Å². The van der Waals surface area contributed by atoms with Gasteiger partial charge in [-0.2, -0.15) is 4.20 Å². The van der Waals surface area contributed by atoms with Crippen LogP contribution in [0.1, 0.15) is 13.3 Å². The SMILES string of the molecule is CCCP(=O)(F)OF. The average Bonchev–Trinajstić information content (AvgIpc) is 1.67. The van der Waals surface area contributed by atoms with Gasteiger partial charge in [-0.05, 0) is 10.9 Å². The molecule has 0 amide bonds. The van der Waals surface area contributed by atoms with Crippen molar-refractivity contribution >= 4 is 7.68 Å². The highest BCUT2D eigenvalue weighted by Gasteiger charge is 2.20. The summed E-state index contributed by atoms with van der Waals surface area (Å²) in [6.07, 6.45) is -0.0266. The fraction of sp³-hybridized carbons (Fsp3) is 1.00. The maximum Gasteiger partial charge on any atom is 0.398 e. The molecule has 0 aromatic heterocycles. The average molecular weight is 144 g/mol. The van der Waals surface area contributed by atoms with E-state index in [0.29, 0.717) is 6.42 Å². The summed E-state index contributed by atoms with van der Waals surface area (Å²) in [5.41, 5.74) is 0. The second kappa shape index (κ2) is 3.15.